The van der Waals surface area contributed by atoms with Gasteiger partial charge in [-0.25, -0.2) is 8.42 Å². The molecule has 4 rings (SSSR count). The van der Waals surface area contributed by atoms with E-state index in [-0.39, 0.29) is 35.0 Å². The second kappa shape index (κ2) is 11.4. The van der Waals surface area contributed by atoms with E-state index in [9.17, 15) is 18.0 Å². The molecule has 3 fully saturated rings. The van der Waals surface area contributed by atoms with Gasteiger partial charge in [0.05, 0.1) is 23.8 Å². The fourth-order valence-electron chi connectivity index (χ4n) is 3.53. The van der Waals surface area contributed by atoms with Gasteiger partial charge in [0, 0.05) is 5.92 Å². The molecule has 2 atom stereocenters. The summed E-state index contributed by atoms with van der Waals surface area (Å²) < 4.78 is 30.9. The number of carbonyl (C=O) groups excluding carboxylic acids is 2. The van der Waals surface area contributed by atoms with E-state index in [1.807, 2.05) is 32.1 Å². The van der Waals surface area contributed by atoms with Crippen LogP contribution in [0.4, 0.5) is 0 Å². The number of hydrogen-bond acceptors (Lipinski definition) is 5. The van der Waals surface area contributed by atoms with Gasteiger partial charge in [-0.15, -0.1) is 0 Å². The van der Waals surface area contributed by atoms with Crippen LogP contribution in [0.1, 0.15) is 13.3 Å². The number of fused-ring (bicyclic) bond motifs is 1. The molecule has 1 aromatic carbocycles. The largest absolute Gasteiger partial charge is 2.00 e. The monoisotopic (exact) mass is 466 g/mol. The van der Waals surface area contributed by atoms with Crippen molar-refractivity contribution in [2.75, 3.05) is 6.61 Å². The van der Waals surface area contributed by atoms with E-state index in [1.165, 1.54) is 12.1 Å². The molecule has 0 bridgehead atoms. The van der Waals surface area contributed by atoms with Crippen molar-refractivity contribution in [2.24, 2.45) is 5.92 Å². The Morgan fingerprint density at radius 1 is 0.967 bits per heavy atom. The van der Waals surface area contributed by atoms with Gasteiger partial charge >= 0.3 is 23.0 Å². The van der Waals surface area contributed by atoms with Crippen molar-refractivity contribution < 1.29 is 39.8 Å². The molecular weight excluding hydrogens is 444 g/mol. The molecule has 0 saturated heterocycles. The number of rotatable bonds is 5. The van der Waals surface area contributed by atoms with Crippen LogP contribution >= 0.6 is 0 Å². The van der Waals surface area contributed by atoms with Crippen LogP contribution in [0.2, 0.25) is 0 Å². The molecule has 3 aliphatic rings. The Labute approximate surface area is 190 Å². The van der Waals surface area contributed by atoms with Crippen molar-refractivity contribution >= 4 is 21.6 Å². The van der Waals surface area contributed by atoms with E-state index in [2.05, 4.69) is 0 Å². The smallest absolute Gasteiger partial charge is 0.466 e. The third kappa shape index (κ3) is 5.54. The number of carbonyl (C=O) groups is 2. The van der Waals surface area contributed by atoms with Gasteiger partial charge in [-0.1, -0.05) is 18.2 Å². The molecule has 0 spiro atoms. The van der Waals surface area contributed by atoms with Gasteiger partial charge < -0.3 is 4.74 Å². The molecule has 0 heterocycles. The third-order valence-corrected chi connectivity index (χ3v) is 6.93. The van der Waals surface area contributed by atoms with E-state index in [0.717, 1.165) is 0 Å². The zero-order valence-corrected chi connectivity index (χ0v) is 18.3. The zero-order valence-electron chi connectivity index (χ0n) is 16.4. The molecule has 0 amide bonds. The summed E-state index contributed by atoms with van der Waals surface area (Å²) in [5.41, 5.74) is 0. The minimum atomic E-state index is -3.89. The van der Waals surface area contributed by atoms with Crippen LogP contribution in [-0.2, 0) is 41.2 Å². The maximum Gasteiger partial charge on any atom is 2.00 e. The molecule has 1 aromatic rings. The van der Waals surface area contributed by atoms with Crippen molar-refractivity contribution in [1.82, 2.24) is 0 Å². The van der Waals surface area contributed by atoms with Crippen LogP contribution in [0.15, 0.2) is 35.2 Å². The average molecular weight is 466 g/mol. The fourth-order valence-corrected chi connectivity index (χ4v) is 5.45. The number of Topliss-reactive ketones (excluding diaryl/α,β-unsaturated/α-hetero) is 1. The molecule has 7 heteroatoms. The number of benzene rings is 1. The molecule has 0 aliphatic heterocycles. The molecule has 5 nitrogen and oxygen atoms in total. The zero-order chi connectivity index (χ0) is 20.9. The van der Waals surface area contributed by atoms with Gasteiger partial charge in [0.2, 0.25) is 0 Å². The topological polar surface area (TPSA) is 77.5 Å². The first kappa shape index (κ1) is 25.1. The van der Waals surface area contributed by atoms with Gasteiger partial charge in [-0.2, -0.15) is 0 Å². The van der Waals surface area contributed by atoms with Crippen LogP contribution in [-0.4, -0.2) is 32.0 Å². The average Bonchev–Trinajstić information content (AvgIpc) is 3.45. The Bertz CT molecular complexity index is 797. The first-order chi connectivity index (χ1) is 14.0. The molecule has 3 aliphatic carbocycles. The van der Waals surface area contributed by atoms with E-state index in [4.69, 9.17) is 4.74 Å². The number of esters is 1. The first-order valence-corrected chi connectivity index (χ1v) is 10.9. The maximum absolute atomic E-state index is 13.0. The van der Waals surface area contributed by atoms with Gasteiger partial charge in [0.25, 0.3) is 0 Å². The Morgan fingerprint density at radius 3 is 2.13 bits per heavy atom. The van der Waals surface area contributed by atoms with Crippen molar-refractivity contribution in [2.45, 2.75) is 23.5 Å². The first-order valence-electron chi connectivity index (χ1n) is 9.38. The van der Waals surface area contributed by atoms with Gasteiger partial charge in [-0.3, -0.25) is 9.59 Å². The summed E-state index contributed by atoms with van der Waals surface area (Å²) in [7, 11) is -3.89. The Morgan fingerprint density at radius 2 is 1.57 bits per heavy atom. The predicted octanol–water partition coefficient (Wildman–Crippen LogP) is 2.78. The van der Waals surface area contributed by atoms with Crippen molar-refractivity contribution in [1.29, 1.82) is 0 Å². The Kier molecular flexibility index (Phi) is 9.58. The second-order valence-corrected chi connectivity index (χ2v) is 8.68. The number of ether oxygens (including phenoxy) is 1. The second-order valence-electron chi connectivity index (χ2n) is 6.62. The van der Waals surface area contributed by atoms with E-state index < -0.39 is 32.8 Å². The van der Waals surface area contributed by atoms with Gasteiger partial charge in [0.1, 0.15) is 5.25 Å². The quantitative estimate of drug-likeness (QED) is 0.493. The molecule has 0 aromatic heterocycles. The molecular formula is C23H22FeO5S+2. The van der Waals surface area contributed by atoms with Crippen molar-refractivity contribution in [3.8, 4) is 0 Å². The number of ketones is 1. The standard InChI is InChI=1S/C18H17O5S.C5H5.Fe/c1-2-23-16(19)11-15-13-9-6-10-14(13)17(20)18(15)24(21,22)12-7-4-3-5-8-12;1-2-4-5-3-1;/h3-10,15,18H,2,11H2,1H3;1-5H;/q;;+2/t15-,18?;;/m0../s1. The SMILES string of the molecule is CCOC(=O)C[C@H]1[C]2[CH][CH][CH][C]2C(=O)C1S(=O)(=O)c1ccccc1.[CH]1[CH][CH][CH][CH]1.[Fe+2]. The van der Waals surface area contributed by atoms with Crippen molar-refractivity contribution in [3.63, 3.8) is 0 Å². The fraction of sp³-hybridized carbons (Fsp3) is 0.217. The van der Waals surface area contributed by atoms with Crippen molar-refractivity contribution in [3.05, 3.63) is 93.5 Å². The normalized spacial score (nSPS) is 24.0. The van der Waals surface area contributed by atoms with Crippen LogP contribution in [0, 0.1) is 69.1 Å². The summed E-state index contributed by atoms with van der Waals surface area (Å²) in [6, 6.07) is 7.86. The maximum atomic E-state index is 13.0. The van der Waals surface area contributed by atoms with E-state index in [0.29, 0.717) is 11.8 Å². The molecule has 156 valence electrons. The predicted molar refractivity (Wildman–Crippen MR) is 108 cm³/mol. The Balaban J connectivity index is 0.000000468. The summed E-state index contributed by atoms with van der Waals surface area (Å²) >= 11 is 0. The molecule has 1 unspecified atom stereocenters. The summed E-state index contributed by atoms with van der Waals surface area (Å²) in [4.78, 5) is 24.7. The van der Waals surface area contributed by atoms with Crippen LogP contribution in [0.3, 0.4) is 0 Å². The number of sulfone groups is 1. The minimum Gasteiger partial charge on any atom is -0.466 e. The summed E-state index contributed by atoms with van der Waals surface area (Å²) in [6.45, 7) is 1.90. The molecule has 30 heavy (non-hydrogen) atoms. The van der Waals surface area contributed by atoms with Gasteiger partial charge in [-0.05, 0) is 76.3 Å². The number of hydrogen-bond donors (Lipinski definition) is 0. The summed E-state index contributed by atoms with van der Waals surface area (Å²) in [5, 5.41) is -1.28. The van der Waals surface area contributed by atoms with E-state index >= 15 is 0 Å². The summed E-state index contributed by atoms with van der Waals surface area (Å²) in [5.74, 6) is -0.677. The van der Waals surface area contributed by atoms with Crippen LogP contribution in [0.5, 0.6) is 0 Å². The minimum absolute atomic E-state index is 0. The third-order valence-electron chi connectivity index (χ3n) is 4.79. The molecule has 10 radical (unpaired) electrons. The molecule has 3 saturated carbocycles. The Hall–Kier alpha value is -1.17. The summed E-state index contributed by atoms with van der Waals surface area (Å²) in [6.07, 6.45) is 14.9. The van der Waals surface area contributed by atoms with Gasteiger partial charge in [0.15, 0.2) is 15.6 Å². The van der Waals surface area contributed by atoms with Crippen LogP contribution < -0.4 is 0 Å². The van der Waals surface area contributed by atoms with Crippen LogP contribution in [0.25, 0.3) is 0 Å². The molecule has 0 N–H and O–H groups in total. The van der Waals surface area contributed by atoms with E-state index in [1.54, 1.807) is 44.4 Å².